The number of thioether (sulfide) groups is 1. The molecule has 1 aromatic carbocycles. The van der Waals surface area contributed by atoms with E-state index in [4.69, 9.17) is 5.73 Å². The van der Waals surface area contributed by atoms with Gasteiger partial charge in [-0.05, 0) is 18.2 Å². The molecule has 0 unspecified atom stereocenters. The average Bonchev–Trinajstić information content (AvgIpc) is 2.76. The molecule has 8 heteroatoms. The van der Waals surface area contributed by atoms with Gasteiger partial charge in [0.25, 0.3) is 0 Å². The van der Waals surface area contributed by atoms with Gasteiger partial charge in [0.2, 0.25) is 5.91 Å². The molecule has 0 aliphatic rings. The zero-order chi connectivity index (χ0) is 13.8. The molecule has 1 aromatic heterocycles. The zero-order valence-electron chi connectivity index (χ0n) is 10.1. The van der Waals surface area contributed by atoms with E-state index in [0.717, 1.165) is 6.07 Å². The lowest BCUT2D eigenvalue weighted by Gasteiger charge is -2.07. The number of aryl methyl sites for hydroxylation is 1. The van der Waals surface area contributed by atoms with Gasteiger partial charge in [0, 0.05) is 7.05 Å². The molecule has 0 radical (unpaired) electrons. The number of nitrogens with one attached hydrogen (secondary N) is 1. The monoisotopic (exact) mass is 281 g/mol. The van der Waals surface area contributed by atoms with E-state index in [-0.39, 0.29) is 17.3 Å². The number of anilines is 2. The minimum atomic E-state index is -0.441. The van der Waals surface area contributed by atoms with Gasteiger partial charge < -0.3 is 11.1 Å². The molecule has 2 aromatic rings. The van der Waals surface area contributed by atoms with Crippen LogP contribution in [-0.4, -0.2) is 26.4 Å². The van der Waals surface area contributed by atoms with E-state index in [9.17, 15) is 9.18 Å². The minimum absolute atomic E-state index is 0.170. The number of nitrogens with zero attached hydrogens (tertiary/aromatic N) is 3. The van der Waals surface area contributed by atoms with Crippen LogP contribution in [0.15, 0.2) is 29.7 Å². The Morgan fingerprint density at radius 2 is 2.37 bits per heavy atom. The SMILES string of the molecule is Cn1ncnc1SCC(=O)Nc1ccc(F)cc1N. The molecule has 0 saturated heterocycles. The lowest BCUT2D eigenvalue weighted by molar-refractivity contribution is -0.113. The van der Waals surface area contributed by atoms with Crippen molar-refractivity contribution in [3.63, 3.8) is 0 Å². The highest BCUT2D eigenvalue weighted by Gasteiger charge is 2.09. The maximum Gasteiger partial charge on any atom is 0.234 e. The Morgan fingerprint density at radius 1 is 1.58 bits per heavy atom. The van der Waals surface area contributed by atoms with Gasteiger partial charge in [0.15, 0.2) is 5.16 Å². The molecule has 2 rings (SSSR count). The zero-order valence-corrected chi connectivity index (χ0v) is 10.9. The quantitative estimate of drug-likeness (QED) is 0.651. The van der Waals surface area contributed by atoms with Gasteiger partial charge in [-0.25, -0.2) is 14.1 Å². The van der Waals surface area contributed by atoms with Crippen molar-refractivity contribution in [2.24, 2.45) is 7.05 Å². The summed E-state index contributed by atoms with van der Waals surface area (Å²) in [5.74, 6) is -0.515. The number of benzene rings is 1. The third kappa shape index (κ3) is 3.44. The predicted octanol–water partition coefficient (Wildman–Crippen LogP) is 1.27. The Labute approximate surface area is 113 Å². The van der Waals surface area contributed by atoms with Crippen LogP contribution in [0.4, 0.5) is 15.8 Å². The summed E-state index contributed by atoms with van der Waals surface area (Å²) in [6.45, 7) is 0. The second-order valence-electron chi connectivity index (χ2n) is 3.73. The van der Waals surface area contributed by atoms with E-state index in [1.54, 1.807) is 11.7 Å². The summed E-state index contributed by atoms with van der Waals surface area (Å²) >= 11 is 1.25. The molecule has 19 heavy (non-hydrogen) atoms. The van der Waals surface area contributed by atoms with Crippen molar-refractivity contribution < 1.29 is 9.18 Å². The fourth-order valence-electron chi connectivity index (χ4n) is 1.38. The van der Waals surface area contributed by atoms with E-state index in [1.807, 2.05) is 0 Å². The number of rotatable bonds is 4. The molecular weight excluding hydrogens is 269 g/mol. The van der Waals surface area contributed by atoms with Crippen molar-refractivity contribution in [1.29, 1.82) is 0 Å². The first kappa shape index (κ1) is 13.3. The number of amides is 1. The third-order valence-electron chi connectivity index (χ3n) is 2.29. The Morgan fingerprint density at radius 3 is 3.00 bits per heavy atom. The maximum atomic E-state index is 12.8. The topological polar surface area (TPSA) is 85.8 Å². The molecule has 0 fully saturated rings. The van der Waals surface area contributed by atoms with Crippen LogP contribution >= 0.6 is 11.8 Å². The standard InChI is InChI=1S/C11H12FN5OS/c1-17-11(14-6-15-17)19-5-10(18)16-9-3-2-7(12)4-8(9)13/h2-4,6H,5,13H2,1H3,(H,16,18). The summed E-state index contributed by atoms with van der Waals surface area (Å²) in [4.78, 5) is 15.7. The molecule has 0 atom stereocenters. The Bertz CT molecular complexity index is 601. The van der Waals surface area contributed by atoms with E-state index >= 15 is 0 Å². The number of carbonyl (C=O) groups is 1. The van der Waals surface area contributed by atoms with E-state index in [1.165, 1.54) is 30.2 Å². The highest BCUT2D eigenvalue weighted by molar-refractivity contribution is 7.99. The van der Waals surface area contributed by atoms with Crippen molar-refractivity contribution in [2.75, 3.05) is 16.8 Å². The molecule has 100 valence electrons. The number of carbonyl (C=O) groups excluding carboxylic acids is 1. The second kappa shape index (κ2) is 5.70. The first-order valence-electron chi connectivity index (χ1n) is 5.38. The lowest BCUT2D eigenvalue weighted by Crippen LogP contribution is -2.15. The highest BCUT2D eigenvalue weighted by atomic mass is 32.2. The molecule has 6 nitrogen and oxygen atoms in total. The molecule has 0 spiro atoms. The summed E-state index contributed by atoms with van der Waals surface area (Å²) in [7, 11) is 1.74. The summed E-state index contributed by atoms with van der Waals surface area (Å²) < 4.78 is 14.4. The van der Waals surface area contributed by atoms with Crippen LogP contribution in [0.3, 0.4) is 0 Å². The van der Waals surface area contributed by atoms with Crippen LogP contribution in [0, 0.1) is 5.82 Å². The molecule has 0 saturated carbocycles. The Balaban J connectivity index is 1.93. The fourth-order valence-corrected chi connectivity index (χ4v) is 2.07. The van der Waals surface area contributed by atoms with Gasteiger partial charge in [-0.2, -0.15) is 5.10 Å². The molecule has 0 aliphatic carbocycles. The van der Waals surface area contributed by atoms with Crippen molar-refractivity contribution in [3.05, 3.63) is 30.3 Å². The number of aromatic nitrogens is 3. The van der Waals surface area contributed by atoms with Crippen molar-refractivity contribution in [2.45, 2.75) is 5.16 Å². The van der Waals surface area contributed by atoms with Gasteiger partial charge >= 0.3 is 0 Å². The van der Waals surface area contributed by atoms with E-state index < -0.39 is 5.82 Å². The maximum absolute atomic E-state index is 12.8. The number of hydrogen-bond donors (Lipinski definition) is 2. The molecule has 0 aliphatic heterocycles. The lowest BCUT2D eigenvalue weighted by atomic mass is 10.2. The fraction of sp³-hybridized carbons (Fsp3) is 0.182. The van der Waals surface area contributed by atoms with Gasteiger partial charge in [-0.1, -0.05) is 11.8 Å². The summed E-state index contributed by atoms with van der Waals surface area (Å²) in [5.41, 5.74) is 6.18. The Kier molecular flexibility index (Phi) is 4.00. The number of nitrogen functional groups attached to an aromatic ring is 1. The van der Waals surface area contributed by atoms with Crippen LogP contribution in [0.2, 0.25) is 0 Å². The third-order valence-corrected chi connectivity index (χ3v) is 3.32. The van der Waals surface area contributed by atoms with Crippen LogP contribution in [0.5, 0.6) is 0 Å². The first-order valence-corrected chi connectivity index (χ1v) is 6.36. The van der Waals surface area contributed by atoms with Crippen LogP contribution < -0.4 is 11.1 Å². The summed E-state index contributed by atoms with van der Waals surface area (Å²) in [6.07, 6.45) is 1.41. The van der Waals surface area contributed by atoms with Crippen LogP contribution in [0.25, 0.3) is 0 Å². The molecule has 1 amide bonds. The smallest absolute Gasteiger partial charge is 0.234 e. The molecular formula is C11H12FN5OS. The van der Waals surface area contributed by atoms with Gasteiger partial charge in [0.05, 0.1) is 17.1 Å². The molecule has 3 N–H and O–H groups in total. The largest absolute Gasteiger partial charge is 0.397 e. The molecule has 1 heterocycles. The van der Waals surface area contributed by atoms with E-state index in [0.29, 0.717) is 10.8 Å². The second-order valence-corrected chi connectivity index (χ2v) is 4.68. The van der Waals surface area contributed by atoms with E-state index in [2.05, 4.69) is 15.4 Å². The van der Waals surface area contributed by atoms with Crippen LogP contribution in [-0.2, 0) is 11.8 Å². The number of halogens is 1. The Hall–Kier alpha value is -2.09. The van der Waals surface area contributed by atoms with Gasteiger partial charge in [-0.15, -0.1) is 0 Å². The van der Waals surface area contributed by atoms with Crippen molar-refractivity contribution >= 4 is 29.0 Å². The number of nitrogens with two attached hydrogens (primary N) is 1. The number of hydrogen-bond acceptors (Lipinski definition) is 5. The predicted molar refractivity (Wildman–Crippen MR) is 71.2 cm³/mol. The normalized spacial score (nSPS) is 10.4. The van der Waals surface area contributed by atoms with Crippen molar-refractivity contribution in [1.82, 2.24) is 14.8 Å². The average molecular weight is 281 g/mol. The summed E-state index contributed by atoms with van der Waals surface area (Å²) in [5, 5.41) is 7.15. The van der Waals surface area contributed by atoms with Crippen LogP contribution in [0.1, 0.15) is 0 Å². The molecule has 0 bridgehead atoms. The van der Waals surface area contributed by atoms with Gasteiger partial charge in [-0.3, -0.25) is 4.79 Å². The van der Waals surface area contributed by atoms with Gasteiger partial charge in [0.1, 0.15) is 12.1 Å². The summed E-state index contributed by atoms with van der Waals surface area (Å²) in [6, 6.07) is 3.82. The minimum Gasteiger partial charge on any atom is -0.397 e. The first-order chi connectivity index (χ1) is 9.06. The highest BCUT2D eigenvalue weighted by Crippen LogP contribution is 2.20. The van der Waals surface area contributed by atoms with Crippen molar-refractivity contribution in [3.8, 4) is 0 Å².